The molecule has 0 radical (unpaired) electrons. The number of fused-ring (bicyclic) bond motifs is 1. The highest BCUT2D eigenvalue weighted by molar-refractivity contribution is 5.58. The smallest absolute Gasteiger partial charge is 0.0646 e. The summed E-state index contributed by atoms with van der Waals surface area (Å²) >= 11 is 0. The first-order chi connectivity index (χ1) is 10.8. The van der Waals surface area contributed by atoms with Gasteiger partial charge in [-0.05, 0) is 54.7 Å². The van der Waals surface area contributed by atoms with Crippen LogP contribution >= 0.6 is 0 Å². The molecule has 0 N–H and O–H groups in total. The van der Waals surface area contributed by atoms with Crippen molar-refractivity contribution in [2.75, 3.05) is 24.7 Å². The van der Waals surface area contributed by atoms with E-state index in [4.69, 9.17) is 4.74 Å². The Labute approximate surface area is 133 Å². The van der Waals surface area contributed by atoms with E-state index in [1.54, 1.807) is 0 Å². The molecule has 2 nitrogen and oxygen atoms in total. The lowest BCUT2D eigenvalue weighted by Gasteiger charge is -2.36. The van der Waals surface area contributed by atoms with Crippen molar-refractivity contribution in [3.8, 4) is 0 Å². The summed E-state index contributed by atoms with van der Waals surface area (Å²) in [4.78, 5) is 2.46. The van der Waals surface area contributed by atoms with Gasteiger partial charge in [-0.3, -0.25) is 0 Å². The van der Waals surface area contributed by atoms with Crippen LogP contribution in [0.25, 0.3) is 0 Å². The van der Waals surface area contributed by atoms with Gasteiger partial charge in [0.15, 0.2) is 0 Å². The van der Waals surface area contributed by atoms with Crippen LogP contribution in [0, 0.1) is 17.8 Å². The molecule has 1 aromatic rings. The lowest BCUT2D eigenvalue weighted by molar-refractivity contribution is 0.140. The molecule has 0 amide bonds. The van der Waals surface area contributed by atoms with Gasteiger partial charge in [-0.2, -0.15) is 0 Å². The zero-order chi connectivity index (χ0) is 14.9. The molecule has 4 rings (SSSR count). The largest absolute Gasteiger partial charge is 0.379 e. The van der Waals surface area contributed by atoms with Crippen molar-refractivity contribution in [2.24, 2.45) is 17.8 Å². The van der Waals surface area contributed by atoms with Crippen LogP contribution in [0.4, 0.5) is 5.69 Å². The third-order valence-corrected chi connectivity index (χ3v) is 5.25. The second-order valence-corrected chi connectivity index (χ2v) is 6.87. The van der Waals surface area contributed by atoms with E-state index in [2.05, 4.69) is 54.3 Å². The second kappa shape index (κ2) is 5.92. The summed E-state index contributed by atoms with van der Waals surface area (Å²) in [6, 6.07) is 10.8. The van der Waals surface area contributed by atoms with Gasteiger partial charge in [-0.15, -0.1) is 0 Å². The van der Waals surface area contributed by atoms with Crippen LogP contribution in [0.1, 0.15) is 26.2 Å². The molecular formula is C20H25NO. The van der Waals surface area contributed by atoms with Crippen molar-refractivity contribution in [1.29, 1.82) is 0 Å². The highest BCUT2D eigenvalue weighted by atomic mass is 16.5. The minimum absolute atomic E-state index is 0.670. The molecule has 1 heterocycles. The van der Waals surface area contributed by atoms with Crippen molar-refractivity contribution in [1.82, 2.24) is 0 Å². The van der Waals surface area contributed by atoms with E-state index in [9.17, 15) is 0 Å². The van der Waals surface area contributed by atoms with E-state index < -0.39 is 0 Å². The lowest BCUT2D eigenvalue weighted by Crippen LogP contribution is -2.33. The van der Waals surface area contributed by atoms with Crippen LogP contribution in [-0.2, 0) is 4.74 Å². The summed E-state index contributed by atoms with van der Waals surface area (Å²) in [6.07, 6.45) is 8.96. The topological polar surface area (TPSA) is 12.5 Å². The van der Waals surface area contributed by atoms with Gasteiger partial charge in [0.05, 0.1) is 13.2 Å². The van der Waals surface area contributed by atoms with Gasteiger partial charge < -0.3 is 9.64 Å². The average Bonchev–Trinajstić information content (AvgIpc) is 3.34. The number of ether oxygens (including phenoxy) is 1. The first kappa shape index (κ1) is 14.1. The van der Waals surface area contributed by atoms with Gasteiger partial charge in [0.25, 0.3) is 0 Å². The molecule has 2 unspecified atom stereocenters. The molecular weight excluding hydrogens is 270 g/mol. The molecule has 22 heavy (non-hydrogen) atoms. The minimum Gasteiger partial charge on any atom is -0.379 e. The maximum absolute atomic E-state index is 5.79. The zero-order valence-electron chi connectivity index (χ0n) is 13.4. The van der Waals surface area contributed by atoms with Gasteiger partial charge in [-0.25, -0.2) is 0 Å². The summed E-state index contributed by atoms with van der Waals surface area (Å²) in [5.41, 5.74) is 4.21. The number of para-hydroxylation sites is 1. The molecule has 2 heteroatoms. The summed E-state index contributed by atoms with van der Waals surface area (Å²) < 4.78 is 5.79. The number of benzene rings is 1. The normalized spacial score (nSPS) is 29.0. The van der Waals surface area contributed by atoms with Crippen LogP contribution in [0.5, 0.6) is 0 Å². The molecule has 0 spiro atoms. The Balaban J connectivity index is 1.72. The first-order valence-corrected chi connectivity index (χ1v) is 8.66. The Morgan fingerprint density at radius 1 is 1.05 bits per heavy atom. The van der Waals surface area contributed by atoms with E-state index >= 15 is 0 Å². The predicted molar refractivity (Wildman–Crippen MR) is 90.8 cm³/mol. The monoisotopic (exact) mass is 295 g/mol. The van der Waals surface area contributed by atoms with Crippen LogP contribution in [0.2, 0.25) is 0 Å². The first-order valence-electron chi connectivity index (χ1n) is 8.66. The van der Waals surface area contributed by atoms with E-state index in [0.29, 0.717) is 5.92 Å². The Bertz CT molecular complexity index is 585. The van der Waals surface area contributed by atoms with Gasteiger partial charge >= 0.3 is 0 Å². The highest BCUT2D eigenvalue weighted by Gasteiger charge is 2.36. The van der Waals surface area contributed by atoms with Gasteiger partial charge in [0, 0.05) is 17.9 Å². The van der Waals surface area contributed by atoms with Crippen molar-refractivity contribution in [2.45, 2.75) is 26.2 Å². The molecule has 0 bridgehead atoms. The second-order valence-electron chi connectivity index (χ2n) is 6.87. The molecule has 0 aromatic heterocycles. The maximum atomic E-state index is 5.79. The molecule has 2 aliphatic carbocycles. The molecule has 2 atom stereocenters. The van der Waals surface area contributed by atoms with Crippen molar-refractivity contribution in [3.05, 3.63) is 53.8 Å². The molecule has 1 aliphatic heterocycles. The highest BCUT2D eigenvalue weighted by Crippen LogP contribution is 2.46. The number of nitrogens with zero attached hydrogens (tertiary/aromatic N) is 1. The molecule has 2 fully saturated rings. The maximum Gasteiger partial charge on any atom is 0.0646 e. The number of anilines is 1. The molecule has 1 aromatic carbocycles. The molecule has 116 valence electrons. The van der Waals surface area contributed by atoms with Crippen LogP contribution < -0.4 is 4.90 Å². The Morgan fingerprint density at radius 2 is 1.86 bits per heavy atom. The summed E-state index contributed by atoms with van der Waals surface area (Å²) in [5.74, 6) is 2.31. The number of allylic oxidation sites excluding steroid dienone is 3. The van der Waals surface area contributed by atoms with Crippen molar-refractivity contribution >= 4 is 5.69 Å². The fraction of sp³-hybridized carbons (Fsp3) is 0.500. The third kappa shape index (κ3) is 2.72. The minimum atomic E-state index is 0.670. The van der Waals surface area contributed by atoms with Crippen LogP contribution in [0.15, 0.2) is 53.8 Å². The van der Waals surface area contributed by atoms with Gasteiger partial charge in [-0.1, -0.05) is 37.3 Å². The number of rotatable bonds is 2. The SMILES string of the molecule is CC1C=C2CCOCCN(c3ccccc3)C2=CC1C1CC1. The van der Waals surface area contributed by atoms with Crippen molar-refractivity contribution in [3.63, 3.8) is 0 Å². The lowest BCUT2D eigenvalue weighted by atomic mass is 9.81. The average molecular weight is 295 g/mol. The summed E-state index contributed by atoms with van der Waals surface area (Å²) in [6.45, 7) is 4.99. The van der Waals surface area contributed by atoms with E-state index in [0.717, 1.165) is 38.0 Å². The Morgan fingerprint density at radius 3 is 2.64 bits per heavy atom. The van der Waals surface area contributed by atoms with Gasteiger partial charge in [0.1, 0.15) is 0 Å². The zero-order valence-corrected chi connectivity index (χ0v) is 13.4. The fourth-order valence-corrected chi connectivity index (χ4v) is 3.91. The van der Waals surface area contributed by atoms with Crippen molar-refractivity contribution < 1.29 is 4.74 Å². The standard InChI is InChI=1S/C20H25NO/c1-15-13-17-9-11-22-12-10-21(18-5-3-2-4-6-18)20(17)14-19(15)16-7-8-16/h2-6,13-16,19H,7-12H2,1H3. The van der Waals surface area contributed by atoms with Gasteiger partial charge in [0.2, 0.25) is 0 Å². The van der Waals surface area contributed by atoms with E-state index in [-0.39, 0.29) is 0 Å². The van der Waals surface area contributed by atoms with E-state index in [1.165, 1.54) is 29.8 Å². The molecule has 1 saturated carbocycles. The van der Waals surface area contributed by atoms with Crippen LogP contribution in [0.3, 0.4) is 0 Å². The summed E-state index contributed by atoms with van der Waals surface area (Å²) in [5, 5.41) is 0. The number of hydrogen-bond acceptors (Lipinski definition) is 2. The Hall–Kier alpha value is -1.54. The quantitative estimate of drug-likeness (QED) is 0.802. The van der Waals surface area contributed by atoms with E-state index in [1.807, 2.05) is 0 Å². The predicted octanol–water partition coefficient (Wildman–Crippen LogP) is 4.40. The fourth-order valence-electron chi connectivity index (χ4n) is 3.91. The molecule has 3 aliphatic rings. The molecule has 1 saturated heterocycles. The van der Waals surface area contributed by atoms with Crippen LogP contribution in [-0.4, -0.2) is 19.8 Å². The third-order valence-electron chi connectivity index (χ3n) is 5.25. The number of hydrogen-bond donors (Lipinski definition) is 0. The Kier molecular flexibility index (Phi) is 3.79. The summed E-state index contributed by atoms with van der Waals surface area (Å²) in [7, 11) is 0.